The van der Waals surface area contributed by atoms with Crippen LogP contribution in [-0.4, -0.2) is 51.7 Å². The van der Waals surface area contributed by atoms with E-state index in [0.717, 1.165) is 16.7 Å². The minimum atomic E-state index is -3.85. The van der Waals surface area contributed by atoms with Crippen LogP contribution in [0.4, 0.5) is 4.39 Å². The molecule has 0 amide bonds. The molecule has 13 heteroatoms. The van der Waals surface area contributed by atoms with E-state index in [9.17, 15) is 29.6 Å². The monoisotopic (exact) mass is 615 g/mol. The van der Waals surface area contributed by atoms with Gasteiger partial charge in [-0.15, -0.1) is 0 Å². The second-order valence-electron chi connectivity index (χ2n) is 8.66. The van der Waals surface area contributed by atoms with Crippen LogP contribution in [0.2, 0.25) is 0 Å². The SMILES string of the molecule is Cc1ccc(S(=O)(=O)OCCCOS(=O)(=O)c2ccc(C)cc2)cc1.Cc1ccc(S(=O)(=O)OCCC[18F])cc1. The number of halogens is 1. The summed E-state index contributed by atoms with van der Waals surface area (Å²) in [4.78, 5) is 0.226. The molecule has 0 spiro atoms. The maximum absolute atomic E-state index is 12.0. The highest BCUT2D eigenvalue weighted by molar-refractivity contribution is 7.87. The number of alkyl halides is 1. The van der Waals surface area contributed by atoms with E-state index in [1.54, 1.807) is 36.4 Å². The predicted molar refractivity (Wildman–Crippen MR) is 148 cm³/mol. The van der Waals surface area contributed by atoms with Gasteiger partial charge in [-0.25, -0.2) is 0 Å². The summed E-state index contributed by atoms with van der Waals surface area (Å²) in [5.74, 6) is 0. The molecule has 0 N–H and O–H groups in total. The van der Waals surface area contributed by atoms with Crippen LogP contribution in [0, 0.1) is 20.8 Å². The molecule has 3 aromatic carbocycles. The molecule has 0 fully saturated rings. The van der Waals surface area contributed by atoms with Crippen molar-refractivity contribution in [1.82, 2.24) is 0 Å². The Bertz CT molecular complexity index is 1440. The highest BCUT2D eigenvalue weighted by atomic mass is 32.2. The molecule has 9 nitrogen and oxygen atoms in total. The van der Waals surface area contributed by atoms with Crippen LogP contribution in [-0.2, 0) is 42.9 Å². The summed E-state index contributed by atoms with van der Waals surface area (Å²) in [7, 11) is -11.4. The number of aryl methyl sites for hydroxylation is 3. The van der Waals surface area contributed by atoms with Gasteiger partial charge in [0, 0.05) is 6.42 Å². The zero-order chi connectivity index (χ0) is 29.8. The Morgan fingerprint density at radius 1 is 0.475 bits per heavy atom. The van der Waals surface area contributed by atoms with Gasteiger partial charge in [0.15, 0.2) is 0 Å². The number of hydrogen-bond donors (Lipinski definition) is 0. The lowest BCUT2D eigenvalue weighted by Gasteiger charge is -2.07. The fraction of sp³-hybridized carbons (Fsp3) is 0.333. The number of rotatable bonds is 13. The third-order valence-electron chi connectivity index (χ3n) is 5.21. The Labute approximate surface area is 236 Å². The van der Waals surface area contributed by atoms with E-state index in [2.05, 4.69) is 4.18 Å². The molecule has 0 aromatic heterocycles. The van der Waals surface area contributed by atoms with Gasteiger partial charge < -0.3 is 0 Å². The second kappa shape index (κ2) is 15.4. The summed E-state index contributed by atoms with van der Waals surface area (Å²) in [5, 5.41) is 0. The standard InChI is InChI=1S/C17H20O6S2.C10H13FO3S/c1-14-4-8-16(9-5-14)24(18,19)22-12-3-13-23-25(20,21)17-10-6-15(2)7-11-17;1-9-3-5-10(6-4-9)15(12,13)14-8-2-7-11/h4-11H,3,12-13H2,1-2H3;3-6H,2,7-8H2,1H3/i;11-1. The molecule has 0 aliphatic heterocycles. The second-order valence-corrected chi connectivity index (χ2v) is 13.5. The van der Waals surface area contributed by atoms with E-state index < -0.39 is 37.0 Å². The van der Waals surface area contributed by atoms with Gasteiger partial charge in [-0.1, -0.05) is 53.1 Å². The maximum atomic E-state index is 12.0. The molecule has 3 aromatic rings. The third kappa shape index (κ3) is 11.1. The summed E-state index contributed by atoms with van der Waals surface area (Å²) in [6, 6.07) is 18.9. The van der Waals surface area contributed by atoms with Crippen molar-refractivity contribution >= 4 is 30.4 Å². The molecule has 0 saturated carbocycles. The Morgan fingerprint density at radius 3 is 0.975 bits per heavy atom. The smallest absolute Gasteiger partial charge is 0.266 e. The topological polar surface area (TPSA) is 130 Å². The maximum Gasteiger partial charge on any atom is 0.296 e. The van der Waals surface area contributed by atoms with Crippen molar-refractivity contribution in [3.05, 3.63) is 89.5 Å². The summed E-state index contributed by atoms with van der Waals surface area (Å²) in [6.45, 7) is 4.53. The van der Waals surface area contributed by atoms with Gasteiger partial charge in [0.05, 0.1) is 41.2 Å². The fourth-order valence-corrected chi connectivity index (χ4v) is 5.77. The van der Waals surface area contributed by atoms with Crippen LogP contribution in [0.5, 0.6) is 0 Å². The molecule has 0 radical (unpaired) electrons. The Hall–Kier alpha value is -2.68. The van der Waals surface area contributed by atoms with Crippen molar-refractivity contribution in [2.24, 2.45) is 0 Å². The van der Waals surface area contributed by atoms with E-state index in [1.807, 2.05) is 20.8 Å². The first-order valence-electron chi connectivity index (χ1n) is 12.2. The van der Waals surface area contributed by atoms with E-state index in [1.165, 1.54) is 36.4 Å². The first-order valence-corrected chi connectivity index (χ1v) is 16.4. The van der Waals surface area contributed by atoms with Crippen molar-refractivity contribution in [2.45, 2.75) is 48.3 Å². The van der Waals surface area contributed by atoms with Crippen molar-refractivity contribution in [2.75, 3.05) is 26.5 Å². The highest BCUT2D eigenvalue weighted by Crippen LogP contribution is 2.16. The molecule has 40 heavy (non-hydrogen) atoms. The molecular formula is C27H33FO9S3. The van der Waals surface area contributed by atoms with E-state index in [4.69, 9.17) is 8.37 Å². The average molecular weight is 616 g/mol. The lowest BCUT2D eigenvalue weighted by Crippen LogP contribution is -2.12. The fourth-order valence-electron chi connectivity index (χ4n) is 2.94. The third-order valence-corrected chi connectivity index (χ3v) is 9.19. The average Bonchev–Trinajstić information content (AvgIpc) is 2.89. The van der Waals surface area contributed by atoms with Crippen LogP contribution < -0.4 is 0 Å². The van der Waals surface area contributed by atoms with Crippen LogP contribution in [0.25, 0.3) is 0 Å². The zero-order valence-electron chi connectivity index (χ0n) is 22.4. The van der Waals surface area contributed by atoms with Crippen LogP contribution >= 0.6 is 0 Å². The molecule has 0 bridgehead atoms. The van der Waals surface area contributed by atoms with Gasteiger partial charge in [0.2, 0.25) is 0 Å². The first-order chi connectivity index (χ1) is 18.8. The van der Waals surface area contributed by atoms with Crippen molar-refractivity contribution < 1.29 is 42.2 Å². The lowest BCUT2D eigenvalue weighted by atomic mass is 10.2. The molecule has 0 unspecified atom stereocenters. The summed E-state index contributed by atoms with van der Waals surface area (Å²) in [5.41, 5.74) is 2.85. The van der Waals surface area contributed by atoms with Gasteiger partial charge in [-0.05, 0) is 63.6 Å². The van der Waals surface area contributed by atoms with Crippen LogP contribution in [0.15, 0.2) is 87.5 Å². The lowest BCUT2D eigenvalue weighted by molar-refractivity contribution is 0.254. The number of hydrogen-bond acceptors (Lipinski definition) is 9. The van der Waals surface area contributed by atoms with Crippen molar-refractivity contribution in [1.29, 1.82) is 0 Å². The molecule has 0 aliphatic carbocycles. The summed E-state index contributed by atoms with van der Waals surface area (Å²) in [6.07, 6.45) is 0.210. The molecule has 0 atom stereocenters. The highest BCUT2D eigenvalue weighted by Gasteiger charge is 2.17. The molecule has 3 rings (SSSR count). The minimum absolute atomic E-state index is 0.0614. The molecule has 0 aliphatic rings. The van der Waals surface area contributed by atoms with Crippen LogP contribution in [0.3, 0.4) is 0 Å². The minimum Gasteiger partial charge on any atom is -0.266 e. The predicted octanol–water partition coefficient (Wildman–Crippen LogP) is 4.86. The van der Waals surface area contributed by atoms with E-state index in [0.29, 0.717) is 0 Å². The molecule has 220 valence electrons. The van der Waals surface area contributed by atoms with Crippen molar-refractivity contribution in [3.8, 4) is 0 Å². The summed E-state index contributed by atoms with van der Waals surface area (Å²) >= 11 is 0. The van der Waals surface area contributed by atoms with Gasteiger partial charge in [0.25, 0.3) is 30.4 Å². The zero-order valence-corrected chi connectivity index (χ0v) is 24.9. The normalized spacial score (nSPS) is 12.0. The Balaban J connectivity index is 0.000000319. The molecule has 0 saturated heterocycles. The molecular weight excluding hydrogens is 582 g/mol. The van der Waals surface area contributed by atoms with E-state index >= 15 is 0 Å². The Morgan fingerprint density at radius 2 is 0.725 bits per heavy atom. The van der Waals surface area contributed by atoms with Gasteiger partial charge in [0.1, 0.15) is 0 Å². The summed E-state index contributed by atoms with van der Waals surface area (Å²) < 4.78 is 97.0. The van der Waals surface area contributed by atoms with Gasteiger partial charge in [-0.3, -0.25) is 16.9 Å². The first kappa shape index (κ1) is 33.5. The van der Waals surface area contributed by atoms with E-state index in [-0.39, 0.29) is 47.3 Å². The Kier molecular flexibility index (Phi) is 12.9. The number of benzene rings is 3. The van der Waals surface area contributed by atoms with Gasteiger partial charge >= 0.3 is 0 Å². The molecule has 0 heterocycles. The van der Waals surface area contributed by atoms with Crippen molar-refractivity contribution in [3.63, 3.8) is 0 Å². The largest absolute Gasteiger partial charge is 0.296 e. The van der Waals surface area contributed by atoms with Crippen LogP contribution in [0.1, 0.15) is 29.5 Å². The quantitative estimate of drug-likeness (QED) is 0.195. The van der Waals surface area contributed by atoms with Gasteiger partial charge in [-0.2, -0.15) is 25.3 Å².